The number of ether oxygens (including phenoxy) is 2. The summed E-state index contributed by atoms with van der Waals surface area (Å²) in [5.41, 5.74) is 3.38. The van der Waals surface area contributed by atoms with Crippen molar-refractivity contribution in [3.8, 4) is 5.75 Å². The van der Waals surface area contributed by atoms with Crippen LogP contribution in [-0.2, 0) is 26.3 Å². The maximum absolute atomic E-state index is 14.1. The molecule has 2 aromatic carbocycles. The minimum Gasteiger partial charge on any atom is -0.490 e. The largest absolute Gasteiger partial charge is 0.490 e. The number of hydrogen-bond acceptors (Lipinski definition) is 7. The van der Waals surface area contributed by atoms with Crippen LogP contribution >= 0.6 is 11.6 Å². The number of amides is 1. The van der Waals surface area contributed by atoms with Gasteiger partial charge in [0, 0.05) is 73.7 Å². The van der Waals surface area contributed by atoms with E-state index >= 15 is 0 Å². The van der Waals surface area contributed by atoms with Crippen LogP contribution in [0.15, 0.2) is 48.6 Å². The van der Waals surface area contributed by atoms with Crippen LogP contribution in [-0.4, -0.2) is 102 Å². The Bertz CT molecular complexity index is 1820. The molecule has 10 heteroatoms. The fourth-order valence-corrected chi connectivity index (χ4v) is 12.1. The highest BCUT2D eigenvalue weighted by atomic mass is 35.5. The van der Waals surface area contributed by atoms with Crippen molar-refractivity contribution in [2.24, 2.45) is 17.8 Å². The summed E-state index contributed by atoms with van der Waals surface area (Å²) in [6, 6.07) is 12.7. The van der Waals surface area contributed by atoms with E-state index in [1.807, 2.05) is 32.2 Å². The SMILES string of the molecule is C=S1(=O)NC(=O)c2ccc3c(c2)N(C[C@@H]2CC[C@H]2[C@@](CN2CCN4CCC[C@@H]4C2)(OC)/C=C/C[C@H](C)[C@H]1C)C[C@@]1(CCCc2cc(Cl)ccc21)CO3. The highest BCUT2D eigenvalue weighted by molar-refractivity contribution is 7.99. The highest BCUT2D eigenvalue weighted by Crippen LogP contribution is 2.49. The third-order valence-corrected chi connectivity index (χ3v) is 16.3. The standard InChI is InChI=1S/C42H57ClN4O4S/c1-29-8-5-18-42(50-3,27-45-20-21-46-19-7-10-35(46)25-45)37-14-11-33(37)24-47-26-41(17-6-9-31-22-34(43)13-15-36(31)41)28-51-39-16-12-32(23-38(39)47)40(48)44-52(4,49)30(29)2/h5,12-13,15-16,18,22-23,29-30,33,35,37H,4,6-11,14,17,19-21,24-28H2,1-3H3,(H,44,48,49)/b18-5+/t29-,30+,33-,35+,37+,41-,42+,52?/m0/s1. The van der Waals surface area contributed by atoms with Crippen LogP contribution in [0.5, 0.6) is 5.75 Å². The highest BCUT2D eigenvalue weighted by Gasteiger charge is 2.50. The van der Waals surface area contributed by atoms with Gasteiger partial charge in [-0.25, -0.2) is 4.21 Å². The summed E-state index contributed by atoms with van der Waals surface area (Å²) in [6.45, 7) is 11.6. The van der Waals surface area contributed by atoms with Gasteiger partial charge in [-0.3, -0.25) is 19.3 Å². The third kappa shape index (κ3) is 6.71. The summed E-state index contributed by atoms with van der Waals surface area (Å²) in [5, 5.41) is 0.453. The van der Waals surface area contributed by atoms with Gasteiger partial charge in [-0.05, 0) is 130 Å². The summed E-state index contributed by atoms with van der Waals surface area (Å²) >= 11 is 6.52. The lowest BCUT2D eigenvalue weighted by molar-refractivity contribution is -0.0974. The first-order valence-electron chi connectivity index (χ1n) is 19.7. The van der Waals surface area contributed by atoms with Gasteiger partial charge in [-0.2, -0.15) is 0 Å². The molecule has 4 aliphatic heterocycles. The van der Waals surface area contributed by atoms with Crippen LogP contribution in [0.2, 0.25) is 5.02 Å². The van der Waals surface area contributed by atoms with Crippen molar-refractivity contribution in [3.63, 3.8) is 0 Å². The molecule has 2 bridgehead atoms. The van der Waals surface area contributed by atoms with Gasteiger partial charge in [0.05, 0.1) is 22.0 Å². The van der Waals surface area contributed by atoms with E-state index in [2.05, 4.69) is 56.5 Å². The van der Waals surface area contributed by atoms with E-state index in [1.54, 1.807) is 6.07 Å². The quantitative estimate of drug-likeness (QED) is 0.290. The molecule has 6 aliphatic rings. The number of carbonyl (C=O) groups excluding carboxylic acids is 1. The Kier molecular flexibility index (Phi) is 9.99. The lowest BCUT2D eigenvalue weighted by Crippen LogP contribution is -2.60. The smallest absolute Gasteiger partial charge is 0.262 e. The number of benzene rings is 2. The average molecular weight is 749 g/mol. The molecule has 3 fully saturated rings. The molecule has 4 heterocycles. The predicted molar refractivity (Wildman–Crippen MR) is 212 cm³/mol. The molecule has 282 valence electrons. The molecular formula is C42H57ClN4O4S. The van der Waals surface area contributed by atoms with Crippen molar-refractivity contribution in [1.29, 1.82) is 0 Å². The fourth-order valence-electron chi connectivity index (χ4n) is 10.5. The number of hydrogen-bond donors (Lipinski definition) is 1. The number of piperazine rings is 1. The molecule has 1 saturated carbocycles. The van der Waals surface area contributed by atoms with Gasteiger partial charge in [0.1, 0.15) is 11.4 Å². The molecule has 2 aromatic rings. The number of nitrogens with one attached hydrogen (secondary N) is 1. The van der Waals surface area contributed by atoms with Crippen molar-refractivity contribution in [2.75, 3.05) is 64.4 Å². The lowest BCUT2D eigenvalue weighted by Gasteiger charge is -2.52. The van der Waals surface area contributed by atoms with Gasteiger partial charge in [-0.15, -0.1) is 0 Å². The van der Waals surface area contributed by atoms with Crippen molar-refractivity contribution in [3.05, 3.63) is 70.3 Å². The summed E-state index contributed by atoms with van der Waals surface area (Å²) in [7, 11) is -1.03. The van der Waals surface area contributed by atoms with E-state index in [1.165, 1.54) is 30.5 Å². The minimum absolute atomic E-state index is 0.0450. The van der Waals surface area contributed by atoms with Crippen LogP contribution in [0, 0.1) is 17.8 Å². The average Bonchev–Trinajstić information content (AvgIpc) is 3.53. The molecular weight excluding hydrogens is 692 g/mol. The number of allylic oxidation sites excluding steroid dienone is 1. The number of methoxy groups -OCH3 is 1. The first kappa shape index (κ1) is 36.4. The Hall–Kier alpha value is -2.56. The molecule has 1 amide bonds. The molecule has 0 aromatic heterocycles. The normalized spacial score (nSPS) is 37.5. The second kappa shape index (κ2) is 14.3. The van der Waals surface area contributed by atoms with E-state index in [4.69, 9.17) is 21.1 Å². The summed E-state index contributed by atoms with van der Waals surface area (Å²) in [5.74, 6) is 5.29. The fraction of sp³-hybridized carbons (Fsp3) is 0.619. The number of fused-ring (bicyclic) bond motifs is 5. The first-order chi connectivity index (χ1) is 25.0. The van der Waals surface area contributed by atoms with E-state index < -0.39 is 15.3 Å². The first-order valence-corrected chi connectivity index (χ1v) is 21.8. The van der Waals surface area contributed by atoms with Crippen molar-refractivity contribution >= 4 is 38.8 Å². The van der Waals surface area contributed by atoms with Crippen molar-refractivity contribution < 1.29 is 18.5 Å². The van der Waals surface area contributed by atoms with Crippen molar-refractivity contribution in [2.45, 2.75) is 87.5 Å². The van der Waals surface area contributed by atoms with Crippen molar-refractivity contribution in [1.82, 2.24) is 14.5 Å². The zero-order chi connectivity index (χ0) is 36.3. The van der Waals surface area contributed by atoms with Crippen LogP contribution in [0.1, 0.15) is 80.3 Å². The predicted octanol–water partition coefficient (Wildman–Crippen LogP) is 6.35. The van der Waals surface area contributed by atoms with Gasteiger partial charge >= 0.3 is 0 Å². The molecule has 2 aliphatic carbocycles. The van der Waals surface area contributed by atoms with Crippen LogP contribution in [0.25, 0.3) is 0 Å². The van der Waals surface area contributed by atoms with Gasteiger partial charge in [0.15, 0.2) is 0 Å². The second-order valence-electron chi connectivity index (χ2n) is 16.9. The molecule has 8 nitrogen and oxygen atoms in total. The third-order valence-electron chi connectivity index (χ3n) is 13.9. The number of halogens is 1. The number of rotatable bonds is 3. The van der Waals surface area contributed by atoms with E-state index in [0.717, 1.165) is 94.3 Å². The van der Waals surface area contributed by atoms with Gasteiger partial charge in [0.25, 0.3) is 5.91 Å². The summed E-state index contributed by atoms with van der Waals surface area (Å²) < 4.78 is 30.4. The molecule has 8 atom stereocenters. The zero-order valence-corrected chi connectivity index (χ0v) is 32.9. The Morgan fingerprint density at radius 2 is 1.94 bits per heavy atom. The molecule has 52 heavy (non-hydrogen) atoms. The van der Waals surface area contributed by atoms with Gasteiger partial charge in [0.2, 0.25) is 0 Å². The topological polar surface area (TPSA) is 74.4 Å². The van der Waals surface area contributed by atoms with E-state index in [9.17, 15) is 9.00 Å². The van der Waals surface area contributed by atoms with E-state index in [0.29, 0.717) is 30.0 Å². The number of carbonyl (C=O) groups is 1. The maximum atomic E-state index is 14.1. The van der Waals surface area contributed by atoms with Gasteiger partial charge in [-0.1, -0.05) is 36.7 Å². The Labute approximate surface area is 316 Å². The Morgan fingerprint density at radius 1 is 1.08 bits per heavy atom. The second-order valence-corrected chi connectivity index (χ2v) is 19.8. The van der Waals surface area contributed by atoms with Crippen LogP contribution in [0.4, 0.5) is 5.69 Å². The number of aryl methyl sites for hydroxylation is 1. The molecule has 1 N–H and O–H groups in total. The van der Waals surface area contributed by atoms with E-state index in [-0.39, 0.29) is 22.5 Å². The summed E-state index contributed by atoms with van der Waals surface area (Å²) in [4.78, 5) is 21.7. The minimum atomic E-state index is -2.94. The molecule has 2 saturated heterocycles. The molecule has 1 unspecified atom stereocenters. The maximum Gasteiger partial charge on any atom is 0.262 e. The van der Waals surface area contributed by atoms with Crippen LogP contribution < -0.4 is 14.4 Å². The summed E-state index contributed by atoms with van der Waals surface area (Å²) in [6.07, 6.45) is 13.3. The molecule has 1 spiro atoms. The van der Waals surface area contributed by atoms with Gasteiger partial charge < -0.3 is 14.4 Å². The monoisotopic (exact) mass is 748 g/mol. The zero-order valence-electron chi connectivity index (χ0n) is 31.3. The van der Waals surface area contributed by atoms with Crippen LogP contribution in [0.3, 0.4) is 0 Å². The lowest BCUT2D eigenvalue weighted by atomic mass is 9.63. The number of anilines is 1. The molecule has 8 rings (SSSR count). The number of nitrogens with zero attached hydrogens (tertiary/aromatic N) is 3. The Balaban J connectivity index is 1.19. The molecule has 0 radical (unpaired) electrons. The Morgan fingerprint density at radius 3 is 2.75 bits per heavy atom.